The van der Waals surface area contributed by atoms with Crippen LogP contribution in [-0.2, 0) is 13.0 Å². The normalized spacial score (nSPS) is 12.8. The zero-order chi connectivity index (χ0) is 15.2. The van der Waals surface area contributed by atoms with E-state index >= 15 is 0 Å². The van der Waals surface area contributed by atoms with Gasteiger partial charge in [0.15, 0.2) is 5.75 Å². The predicted molar refractivity (Wildman–Crippen MR) is 79.3 cm³/mol. The van der Waals surface area contributed by atoms with Crippen LogP contribution in [0.1, 0.15) is 24.0 Å². The monoisotopic (exact) mass is 293 g/mol. The Bertz CT molecular complexity index is 534. The molecular weight excluding hydrogens is 270 g/mol. The molecule has 1 N–H and O–H groups in total. The molecule has 0 fully saturated rings. The van der Waals surface area contributed by atoms with Crippen LogP contribution in [0.25, 0.3) is 0 Å². The summed E-state index contributed by atoms with van der Waals surface area (Å²) in [6.07, 6.45) is 3.91. The predicted octanol–water partition coefficient (Wildman–Crippen LogP) is 1.71. The van der Waals surface area contributed by atoms with Gasteiger partial charge in [-0.05, 0) is 32.6 Å². The number of hydrogen-bond donors (Lipinski definition) is 1. The lowest BCUT2D eigenvalue weighted by molar-refractivity contribution is 0.149. The van der Waals surface area contributed by atoms with Crippen LogP contribution >= 0.6 is 0 Å². The lowest BCUT2D eigenvalue weighted by Crippen LogP contribution is -2.21. The summed E-state index contributed by atoms with van der Waals surface area (Å²) in [5.41, 5.74) is 0.728. The smallest absolute Gasteiger partial charge is 0.162 e. The minimum atomic E-state index is -0.630. The molecule has 0 saturated heterocycles. The van der Waals surface area contributed by atoms with E-state index in [0.29, 0.717) is 25.1 Å². The quantitative estimate of drug-likeness (QED) is 0.803. The number of ether oxygens (including phenoxy) is 1. The van der Waals surface area contributed by atoms with Gasteiger partial charge in [-0.2, -0.15) is 5.10 Å². The number of rotatable bonds is 8. The molecule has 0 aliphatic carbocycles. The van der Waals surface area contributed by atoms with E-state index in [1.54, 1.807) is 19.6 Å². The van der Waals surface area contributed by atoms with E-state index in [2.05, 4.69) is 10.00 Å². The Balaban J connectivity index is 2.06. The third-order valence-corrected chi connectivity index (χ3v) is 3.38. The first-order valence-electron chi connectivity index (χ1n) is 7.06. The third kappa shape index (κ3) is 4.09. The summed E-state index contributed by atoms with van der Waals surface area (Å²) in [6.45, 7) is 1.56. The molecule has 0 aliphatic rings. The molecule has 0 saturated carbocycles. The van der Waals surface area contributed by atoms with Crippen molar-refractivity contribution in [2.45, 2.75) is 25.5 Å². The van der Waals surface area contributed by atoms with E-state index in [1.807, 2.05) is 30.9 Å². The molecule has 6 nitrogen and oxygen atoms in total. The van der Waals surface area contributed by atoms with Gasteiger partial charge in [0, 0.05) is 13.0 Å². The fourth-order valence-corrected chi connectivity index (χ4v) is 2.21. The summed E-state index contributed by atoms with van der Waals surface area (Å²) < 4.78 is 12.4. The number of aliphatic hydroxyl groups is 1. The van der Waals surface area contributed by atoms with Gasteiger partial charge in [-0.25, -0.2) is 0 Å². The van der Waals surface area contributed by atoms with Crippen LogP contribution in [0.3, 0.4) is 0 Å². The number of methoxy groups -OCH3 is 1. The van der Waals surface area contributed by atoms with E-state index in [1.165, 1.54) is 0 Å². The molecule has 2 aromatic rings. The molecular formula is C15H23N3O3. The average molecular weight is 293 g/mol. The van der Waals surface area contributed by atoms with Crippen LogP contribution in [0.4, 0.5) is 0 Å². The number of aryl methyl sites for hydroxylation is 1. The average Bonchev–Trinajstić information content (AvgIpc) is 3.11. The molecule has 6 heteroatoms. The third-order valence-electron chi connectivity index (χ3n) is 3.38. The number of hydrogen-bond acceptors (Lipinski definition) is 5. The van der Waals surface area contributed by atoms with Gasteiger partial charge < -0.3 is 19.2 Å². The van der Waals surface area contributed by atoms with Crippen molar-refractivity contribution in [2.24, 2.45) is 0 Å². The van der Waals surface area contributed by atoms with Gasteiger partial charge in [-0.1, -0.05) is 0 Å². The standard InChI is InChI=1S/C15H23N3O3/c1-17(2)8-9-18-15(14(20-3)11-16-18)13(19)7-6-12-5-4-10-21-12/h4-5,10-11,13,19H,6-9H2,1-3H3. The van der Waals surface area contributed by atoms with E-state index in [0.717, 1.165) is 18.0 Å². The number of aliphatic hydroxyl groups excluding tert-OH is 1. The van der Waals surface area contributed by atoms with E-state index in [-0.39, 0.29) is 0 Å². The molecule has 2 aromatic heterocycles. The molecule has 21 heavy (non-hydrogen) atoms. The highest BCUT2D eigenvalue weighted by atomic mass is 16.5. The molecule has 0 aliphatic heterocycles. The molecule has 1 unspecified atom stereocenters. The van der Waals surface area contributed by atoms with Gasteiger partial charge >= 0.3 is 0 Å². The Hall–Kier alpha value is -1.79. The highest BCUT2D eigenvalue weighted by Gasteiger charge is 2.20. The maximum Gasteiger partial charge on any atom is 0.162 e. The molecule has 0 amide bonds. The van der Waals surface area contributed by atoms with Gasteiger partial charge in [0.25, 0.3) is 0 Å². The molecule has 0 aromatic carbocycles. The Morgan fingerprint density at radius 3 is 2.90 bits per heavy atom. The summed E-state index contributed by atoms with van der Waals surface area (Å²) in [5, 5.41) is 14.8. The SMILES string of the molecule is COc1cnn(CCN(C)C)c1C(O)CCc1ccco1. The first kappa shape index (κ1) is 15.6. The van der Waals surface area contributed by atoms with Gasteiger partial charge in [0.1, 0.15) is 11.5 Å². The van der Waals surface area contributed by atoms with Crippen molar-refractivity contribution in [2.75, 3.05) is 27.7 Å². The van der Waals surface area contributed by atoms with Crippen molar-refractivity contribution in [3.05, 3.63) is 36.0 Å². The highest BCUT2D eigenvalue weighted by molar-refractivity contribution is 5.27. The Kier molecular flexibility index (Phi) is 5.41. The van der Waals surface area contributed by atoms with Crippen molar-refractivity contribution in [3.63, 3.8) is 0 Å². The Labute approximate surface area is 124 Å². The lowest BCUT2D eigenvalue weighted by Gasteiger charge is -2.16. The second-order valence-corrected chi connectivity index (χ2v) is 5.26. The molecule has 0 bridgehead atoms. The van der Waals surface area contributed by atoms with Crippen molar-refractivity contribution in [1.29, 1.82) is 0 Å². The maximum absolute atomic E-state index is 10.5. The molecule has 0 spiro atoms. The van der Waals surface area contributed by atoms with Crippen molar-refractivity contribution < 1.29 is 14.3 Å². The summed E-state index contributed by atoms with van der Waals surface area (Å²) >= 11 is 0. The molecule has 2 heterocycles. The first-order chi connectivity index (χ1) is 10.1. The zero-order valence-electron chi connectivity index (χ0n) is 12.8. The van der Waals surface area contributed by atoms with Gasteiger partial charge in [-0.3, -0.25) is 4.68 Å². The Morgan fingerprint density at radius 2 is 2.29 bits per heavy atom. The zero-order valence-corrected chi connectivity index (χ0v) is 12.8. The van der Waals surface area contributed by atoms with Crippen LogP contribution < -0.4 is 4.74 Å². The summed E-state index contributed by atoms with van der Waals surface area (Å²) in [5.74, 6) is 1.49. The summed E-state index contributed by atoms with van der Waals surface area (Å²) in [4.78, 5) is 2.08. The van der Waals surface area contributed by atoms with Gasteiger partial charge in [0.05, 0.1) is 32.2 Å². The minimum absolute atomic E-state index is 0.567. The van der Waals surface area contributed by atoms with Crippen LogP contribution in [0.2, 0.25) is 0 Å². The molecule has 2 rings (SSSR count). The van der Waals surface area contributed by atoms with Crippen LogP contribution in [0.5, 0.6) is 5.75 Å². The van der Waals surface area contributed by atoms with Crippen molar-refractivity contribution in [1.82, 2.24) is 14.7 Å². The topological polar surface area (TPSA) is 63.7 Å². The molecule has 116 valence electrons. The minimum Gasteiger partial charge on any atom is -0.493 e. The van der Waals surface area contributed by atoms with Gasteiger partial charge in [-0.15, -0.1) is 0 Å². The fraction of sp³-hybridized carbons (Fsp3) is 0.533. The second kappa shape index (κ2) is 7.28. The second-order valence-electron chi connectivity index (χ2n) is 5.26. The van der Waals surface area contributed by atoms with Crippen LogP contribution in [0, 0.1) is 0 Å². The van der Waals surface area contributed by atoms with Crippen LogP contribution in [0.15, 0.2) is 29.0 Å². The summed E-state index contributed by atoms with van der Waals surface area (Å²) in [6, 6.07) is 3.76. The lowest BCUT2D eigenvalue weighted by atomic mass is 10.1. The number of nitrogens with zero attached hydrogens (tertiary/aromatic N) is 3. The fourth-order valence-electron chi connectivity index (χ4n) is 2.21. The van der Waals surface area contributed by atoms with Crippen molar-refractivity contribution in [3.8, 4) is 5.75 Å². The highest BCUT2D eigenvalue weighted by Crippen LogP contribution is 2.28. The number of furan rings is 1. The largest absolute Gasteiger partial charge is 0.493 e. The van der Waals surface area contributed by atoms with Crippen LogP contribution in [-0.4, -0.2) is 47.5 Å². The Morgan fingerprint density at radius 1 is 1.48 bits per heavy atom. The first-order valence-corrected chi connectivity index (χ1v) is 7.06. The van der Waals surface area contributed by atoms with Crippen molar-refractivity contribution >= 4 is 0 Å². The number of likely N-dealkylation sites (N-methyl/N-ethyl adjacent to an activating group) is 1. The molecule has 1 atom stereocenters. The number of aromatic nitrogens is 2. The van der Waals surface area contributed by atoms with E-state index in [9.17, 15) is 5.11 Å². The van der Waals surface area contributed by atoms with Gasteiger partial charge in [0.2, 0.25) is 0 Å². The van der Waals surface area contributed by atoms with E-state index < -0.39 is 6.10 Å². The summed E-state index contributed by atoms with van der Waals surface area (Å²) in [7, 11) is 5.61. The van der Waals surface area contributed by atoms with E-state index in [4.69, 9.17) is 9.15 Å². The molecule has 0 radical (unpaired) electrons. The maximum atomic E-state index is 10.5.